The van der Waals surface area contributed by atoms with E-state index in [2.05, 4.69) is 52.7 Å². The zero-order chi connectivity index (χ0) is 13.1. The molecule has 0 aliphatic carbocycles. The molecule has 1 atom stereocenters. The first kappa shape index (κ1) is 12.7. The van der Waals surface area contributed by atoms with E-state index in [4.69, 9.17) is 0 Å². The van der Waals surface area contributed by atoms with Crippen molar-refractivity contribution in [3.8, 4) is 0 Å². The van der Waals surface area contributed by atoms with Crippen molar-refractivity contribution in [2.24, 2.45) is 7.05 Å². The maximum Gasteiger partial charge on any atom is 0.0481 e. The standard InChI is InChI=1S/C16H23N3/c1-19-12-13(15-7-2-3-8-16(15)19)10-17-11-14-6-4-5-9-18-14/h2-3,7-8,12,14,17-18H,4-6,9-11H2,1H3. The average molecular weight is 257 g/mol. The third kappa shape index (κ3) is 2.82. The molecule has 1 aromatic carbocycles. The lowest BCUT2D eigenvalue weighted by atomic mass is 10.1. The molecular weight excluding hydrogens is 234 g/mol. The van der Waals surface area contributed by atoms with Crippen LogP contribution < -0.4 is 10.6 Å². The molecule has 1 saturated heterocycles. The number of aryl methyl sites for hydroxylation is 1. The number of piperidine rings is 1. The summed E-state index contributed by atoms with van der Waals surface area (Å²) in [6.07, 6.45) is 6.25. The molecular formula is C16H23N3. The number of nitrogens with one attached hydrogen (secondary N) is 2. The van der Waals surface area contributed by atoms with Crippen molar-refractivity contribution in [3.63, 3.8) is 0 Å². The molecule has 0 radical (unpaired) electrons. The third-order valence-corrected chi connectivity index (χ3v) is 4.10. The Morgan fingerprint density at radius 3 is 3.05 bits per heavy atom. The van der Waals surface area contributed by atoms with Crippen LogP contribution in [0.25, 0.3) is 10.9 Å². The summed E-state index contributed by atoms with van der Waals surface area (Å²) in [6, 6.07) is 9.27. The van der Waals surface area contributed by atoms with Crippen LogP contribution in [-0.2, 0) is 13.6 Å². The largest absolute Gasteiger partial charge is 0.350 e. The maximum atomic E-state index is 3.60. The van der Waals surface area contributed by atoms with Crippen LogP contribution in [0.15, 0.2) is 30.5 Å². The van der Waals surface area contributed by atoms with E-state index in [1.807, 2.05) is 0 Å². The van der Waals surface area contributed by atoms with Crippen molar-refractivity contribution in [2.45, 2.75) is 31.8 Å². The number of nitrogens with zero attached hydrogens (tertiary/aromatic N) is 1. The smallest absolute Gasteiger partial charge is 0.0481 e. The lowest BCUT2D eigenvalue weighted by Crippen LogP contribution is -2.41. The molecule has 0 spiro atoms. The SMILES string of the molecule is Cn1cc(CNCC2CCCCN2)c2ccccc21. The summed E-state index contributed by atoms with van der Waals surface area (Å²) in [5, 5.41) is 8.55. The highest BCUT2D eigenvalue weighted by molar-refractivity contribution is 5.83. The average Bonchev–Trinajstić information content (AvgIpc) is 2.78. The number of hydrogen-bond donors (Lipinski definition) is 2. The van der Waals surface area contributed by atoms with Gasteiger partial charge in [-0.05, 0) is 31.0 Å². The molecule has 1 aliphatic rings. The van der Waals surface area contributed by atoms with E-state index in [1.54, 1.807) is 0 Å². The van der Waals surface area contributed by atoms with Crippen molar-refractivity contribution in [2.75, 3.05) is 13.1 Å². The highest BCUT2D eigenvalue weighted by atomic mass is 15.0. The molecule has 2 heterocycles. The van der Waals surface area contributed by atoms with Gasteiger partial charge in [-0.2, -0.15) is 0 Å². The Hall–Kier alpha value is -1.32. The first-order valence-electron chi connectivity index (χ1n) is 7.31. The third-order valence-electron chi connectivity index (χ3n) is 4.10. The van der Waals surface area contributed by atoms with Gasteiger partial charge in [0.25, 0.3) is 0 Å². The summed E-state index contributed by atoms with van der Waals surface area (Å²) in [7, 11) is 2.12. The molecule has 102 valence electrons. The minimum atomic E-state index is 0.656. The Kier molecular flexibility index (Phi) is 3.85. The van der Waals surface area contributed by atoms with Gasteiger partial charge in [0, 0.05) is 43.3 Å². The number of fused-ring (bicyclic) bond motifs is 1. The quantitative estimate of drug-likeness (QED) is 0.880. The summed E-state index contributed by atoms with van der Waals surface area (Å²) in [6.45, 7) is 3.21. The molecule has 0 bridgehead atoms. The molecule has 1 unspecified atom stereocenters. The molecule has 1 fully saturated rings. The minimum absolute atomic E-state index is 0.656. The lowest BCUT2D eigenvalue weighted by Gasteiger charge is -2.23. The van der Waals surface area contributed by atoms with Crippen molar-refractivity contribution < 1.29 is 0 Å². The molecule has 3 rings (SSSR count). The Balaban J connectivity index is 1.62. The van der Waals surface area contributed by atoms with Crippen molar-refractivity contribution in [1.29, 1.82) is 0 Å². The van der Waals surface area contributed by atoms with Crippen molar-refractivity contribution in [3.05, 3.63) is 36.0 Å². The predicted molar refractivity (Wildman–Crippen MR) is 80.3 cm³/mol. The van der Waals surface area contributed by atoms with Gasteiger partial charge < -0.3 is 15.2 Å². The van der Waals surface area contributed by atoms with Gasteiger partial charge in [-0.15, -0.1) is 0 Å². The van der Waals surface area contributed by atoms with Crippen LogP contribution >= 0.6 is 0 Å². The first-order valence-corrected chi connectivity index (χ1v) is 7.31. The summed E-state index contributed by atoms with van der Waals surface area (Å²) < 4.78 is 2.21. The summed E-state index contributed by atoms with van der Waals surface area (Å²) in [4.78, 5) is 0. The summed E-state index contributed by atoms with van der Waals surface area (Å²) >= 11 is 0. The summed E-state index contributed by atoms with van der Waals surface area (Å²) in [5.74, 6) is 0. The van der Waals surface area contributed by atoms with Crippen LogP contribution in [0.2, 0.25) is 0 Å². The molecule has 2 aromatic rings. The topological polar surface area (TPSA) is 29.0 Å². The van der Waals surface area contributed by atoms with Crippen LogP contribution in [0.3, 0.4) is 0 Å². The van der Waals surface area contributed by atoms with Gasteiger partial charge in [0.2, 0.25) is 0 Å². The van der Waals surface area contributed by atoms with E-state index in [1.165, 1.54) is 42.3 Å². The molecule has 2 N–H and O–H groups in total. The second kappa shape index (κ2) is 5.76. The molecule has 0 saturated carbocycles. The van der Waals surface area contributed by atoms with Crippen LogP contribution in [0.1, 0.15) is 24.8 Å². The second-order valence-corrected chi connectivity index (χ2v) is 5.56. The Bertz CT molecular complexity index is 538. The number of para-hydroxylation sites is 1. The predicted octanol–water partition coefficient (Wildman–Crippen LogP) is 2.41. The minimum Gasteiger partial charge on any atom is -0.350 e. The van der Waals surface area contributed by atoms with Gasteiger partial charge in [-0.1, -0.05) is 24.6 Å². The van der Waals surface area contributed by atoms with E-state index < -0.39 is 0 Å². The van der Waals surface area contributed by atoms with E-state index in [9.17, 15) is 0 Å². The maximum absolute atomic E-state index is 3.60. The number of hydrogen-bond acceptors (Lipinski definition) is 2. The van der Waals surface area contributed by atoms with Crippen LogP contribution in [0.4, 0.5) is 0 Å². The zero-order valence-electron chi connectivity index (χ0n) is 11.7. The van der Waals surface area contributed by atoms with Crippen molar-refractivity contribution >= 4 is 10.9 Å². The van der Waals surface area contributed by atoms with Gasteiger partial charge in [0.1, 0.15) is 0 Å². The fourth-order valence-corrected chi connectivity index (χ4v) is 3.05. The highest BCUT2D eigenvalue weighted by Gasteiger charge is 2.12. The molecule has 3 heteroatoms. The molecule has 1 aliphatic heterocycles. The number of rotatable bonds is 4. The van der Waals surface area contributed by atoms with Gasteiger partial charge in [0.05, 0.1) is 0 Å². The fraction of sp³-hybridized carbons (Fsp3) is 0.500. The molecule has 3 nitrogen and oxygen atoms in total. The van der Waals surface area contributed by atoms with Crippen LogP contribution in [0, 0.1) is 0 Å². The summed E-state index contributed by atoms with van der Waals surface area (Å²) in [5.41, 5.74) is 2.71. The van der Waals surface area contributed by atoms with E-state index >= 15 is 0 Å². The van der Waals surface area contributed by atoms with Gasteiger partial charge in [-0.25, -0.2) is 0 Å². The Morgan fingerprint density at radius 1 is 1.32 bits per heavy atom. The number of benzene rings is 1. The normalized spacial score (nSPS) is 19.9. The van der Waals surface area contributed by atoms with E-state index in [-0.39, 0.29) is 0 Å². The molecule has 0 amide bonds. The first-order chi connectivity index (χ1) is 9.34. The Morgan fingerprint density at radius 2 is 2.21 bits per heavy atom. The molecule has 19 heavy (non-hydrogen) atoms. The highest BCUT2D eigenvalue weighted by Crippen LogP contribution is 2.20. The monoisotopic (exact) mass is 257 g/mol. The van der Waals surface area contributed by atoms with Gasteiger partial charge >= 0.3 is 0 Å². The second-order valence-electron chi connectivity index (χ2n) is 5.56. The Labute approximate surface area is 115 Å². The fourth-order valence-electron chi connectivity index (χ4n) is 3.05. The van der Waals surface area contributed by atoms with Gasteiger partial charge in [0.15, 0.2) is 0 Å². The van der Waals surface area contributed by atoms with Crippen molar-refractivity contribution in [1.82, 2.24) is 15.2 Å². The number of aromatic nitrogens is 1. The van der Waals surface area contributed by atoms with Gasteiger partial charge in [-0.3, -0.25) is 0 Å². The molecule has 1 aromatic heterocycles. The van der Waals surface area contributed by atoms with Crippen LogP contribution in [-0.4, -0.2) is 23.7 Å². The zero-order valence-corrected chi connectivity index (χ0v) is 11.7. The lowest BCUT2D eigenvalue weighted by molar-refractivity contribution is 0.383. The van der Waals surface area contributed by atoms with Crippen LogP contribution in [0.5, 0.6) is 0 Å². The van der Waals surface area contributed by atoms with E-state index in [0.29, 0.717) is 6.04 Å². The van der Waals surface area contributed by atoms with E-state index in [0.717, 1.165) is 13.1 Å².